The zero-order valence-corrected chi connectivity index (χ0v) is 20.0. The molecule has 0 saturated carbocycles. The van der Waals surface area contributed by atoms with E-state index in [0.717, 1.165) is 27.9 Å². The molecule has 1 heterocycles. The standard InChI is InChI=1S/C26H26ClFN2O3/c1-15-6-8-17(28)13-22(15)33-14-20-18(19-9-7-16(27)12-23(19)32-5)10-11-21-24(20)30(4)25(31)26(2,3)29-21/h6-13,29H,14H2,1-5H3. The molecule has 1 aliphatic rings. The van der Waals surface area contributed by atoms with Gasteiger partial charge in [-0.2, -0.15) is 0 Å². The van der Waals surface area contributed by atoms with Gasteiger partial charge in [0.05, 0.1) is 18.5 Å². The Kier molecular flexibility index (Phi) is 5.97. The summed E-state index contributed by atoms with van der Waals surface area (Å²) in [4.78, 5) is 14.7. The van der Waals surface area contributed by atoms with E-state index in [9.17, 15) is 9.18 Å². The summed E-state index contributed by atoms with van der Waals surface area (Å²) in [6.45, 7) is 5.67. The highest BCUT2D eigenvalue weighted by atomic mass is 35.5. The Morgan fingerprint density at radius 3 is 2.52 bits per heavy atom. The van der Waals surface area contributed by atoms with Gasteiger partial charge in [0.2, 0.25) is 0 Å². The van der Waals surface area contributed by atoms with Crippen molar-refractivity contribution in [3.63, 3.8) is 0 Å². The van der Waals surface area contributed by atoms with Crippen LogP contribution in [0.2, 0.25) is 5.02 Å². The van der Waals surface area contributed by atoms with Crippen LogP contribution in [0.3, 0.4) is 0 Å². The first-order valence-corrected chi connectivity index (χ1v) is 10.9. The van der Waals surface area contributed by atoms with Gasteiger partial charge in [0, 0.05) is 29.3 Å². The van der Waals surface area contributed by atoms with Gasteiger partial charge in [0.1, 0.15) is 29.5 Å². The highest BCUT2D eigenvalue weighted by Crippen LogP contribution is 2.44. The number of hydrogen-bond donors (Lipinski definition) is 1. The third-order valence-electron chi connectivity index (χ3n) is 5.88. The Morgan fingerprint density at radius 2 is 1.79 bits per heavy atom. The number of aryl methyl sites for hydroxylation is 1. The van der Waals surface area contributed by atoms with E-state index < -0.39 is 5.54 Å². The number of amides is 1. The maximum absolute atomic E-state index is 13.9. The summed E-state index contributed by atoms with van der Waals surface area (Å²) in [6, 6.07) is 13.8. The van der Waals surface area contributed by atoms with E-state index in [4.69, 9.17) is 21.1 Å². The highest BCUT2D eigenvalue weighted by Gasteiger charge is 2.38. The second-order valence-corrected chi connectivity index (χ2v) is 9.08. The van der Waals surface area contributed by atoms with E-state index in [2.05, 4.69) is 5.32 Å². The number of carbonyl (C=O) groups excluding carboxylic acids is 1. The normalized spacial score (nSPS) is 14.5. The molecular weight excluding hydrogens is 443 g/mol. The first kappa shape index (κ1) is 22.9. The number of hydrogen-bond acceptors (Lipinski definition) is 4. The molecule has 1 N–H and O–H groups in total. The molecule has 1 aliphatic heterocycles. The van der Waals surface area contributed by atoms with E-state index in [0.29, 0.717) is 22.2 Å². The molecule has 0 aromatic heterocycles. The third-order valence-corrected chi connectivity index (χ3v) is 6.12. The second kappa shape index (κ2) is 8.60. The van der Waals surface area contributed by atoms with Crippen LogP contribution in [-0.2, 0) is 11.4 Å². The fraction of sp³-hybridized carbons (Fsp3) is 0.269. The molecule has 4 rings (SSSR count). The number of anilines is 2. The number of nitrogens with zero attached hydrogens (tertiary/aromatic N) is 1. The molecule has 0 aliphatic carbocycles. The molecule has 7 heteroatoms. The molecule has 5 nitrogen and oxygen atoms in total. The molecule has 0 spiro atoms. The van der Waals surface area contributed by atoms with Gasteiger partial charge in [-0.15, -0.1) is 0 Å². The van der Waals surface area contributed by atoms with Crippen molar-refractivity contribution in [2.45, 2.75) is 32.9 Å². The molecule has 3 aromatic carbocycles. The van der Waals surface area contributed by atoms with Gasteiger partial charge in [0.25, 0.3) is 5.91 Å². The minimum absolute atomic E-state index is 0.0709. The molecule has 33 heavy (non-hydrogen) atoms. The van der Waals surface area contributed by atoms with Crippen LogP contribution in [0.15, 0.2) is 48.5 Å². The monoisotopic (exact) mass is 468 g/mol. The van der Waals surface area contributed by atoms with Crippen LogP contribution in [0.25, 0.3) is 11.1 Å². The summed E-state index contributed by atoms with van der Waals surface area (Å²) in [7, 11) is 3.34. The van der Waals surface area contributed by atoms with Gasteiger partial charge in [-0.1, -0.05) is 23.7 Å². The van der Waals surface area contributed by atoms with E-state index >= 15 is 0 Å². The summed E-state index contributed by atoms with van der Waals surface area (Å²) >= 11 is 6.18. The predicted molar refractivity (Wildman–Crippen MR) is 130 cm³/mol. The lowest BCUT2D eigenvalue weighted by molar-refractivity contribution is -0.121. The van der Waals surface area contributed by atoms with Crippen molar-refractivity contribution in [2.24, 2.45) is 0 Å². The van der Waals surface area contributed by atoms with Crippen molar-refractivity contribution in [1.82, 2.24) is 0 Å². The molecule has 3 aromatic rings. The molecule has 0 bridgehead atoms. The van der Waals surface area contributed by atoms with Crippen molar-refractivity contribution in [3.8, 4) is 22.6 Å². The van der Waals surface area contributed by atoms with E-state index in [-0.39, 0.29) is 18.3 Å². The molecule has 0 radical (unpaired) electrons. The number of methoxy groups -OCH3 is 1. The summed E-state index contributed by atoms with van der Waals surface area (Å²) in [6.07, 6.45) is 0. The maximum Gasteiger partial charge on any atom is 0.251 e. The van der Waals surface area contributed by atoms with Crippen molar-refractivity contribution in [2.75, 3.05) is 24.4 Å². The van der Waals surface area contributed by atoms with E-state index in [1.807, 2.05) is 39.0 Å². The maximum atomic E-state index is 13.9. The first-order chi connectivity index (χ1) is 15.6. The molecule has 0 fully saturated rings. The Labute approximate surface area is 198 Å². The largest absolute Gasteiger partial charge is 0.496 e. The topological polar surface area (TPSA) is 50.8 Å². The number of benzene rings is 3. The second-order valence-electron chi connectivity index (χ2n) is 8.65. The van der Waals surface area contributed by atoms with E-state index in [1.165, 1.54) is 12.1 Å². The van der Waals surface area contributed by atoms with Crippen LogP contribution >= 0.6 is 11.6 Å². The fourth-order valence-corrected chi connectivity index (χ4v) is 4.36. The van der Waals surface area contributed by atoms with Gasteiger partial charge in [-0.3, -0.25) is 4.79 Å². The average molecular weight is 469 g/mol. The van der Waals surface area contributed by atoms with Crippen LogP contribution in [0.4, 0.5) is 15.8 Å². The Morgan fingerprint density at radius 1 is 1.06 bits per heavy atom. The van der Waals surface area contributed by atoms with Gasteiger partial charge >= 0.3 is 0 Å². The summed E-state index contributed by atoms with van der Waals surface area (Å²) in [5.41, 5.74) is 4.00. The fourth-order valence-electron chi connectivity index (χ4n) is 4.20. The number of fused-ring (bicyclic) bond motifs is 1. The first-order valence-electron chi connectivity index (χ1n) is 10.6. The van der Waals surface area contributed by atoms with Crippen LogP contribution < -0.4 is 19.7 Å². The number of nitrogens with one attached hydrogen (secondary N) is 1. The number of halogens is 2. The molecule has 0 saturated heterocycles. The molecule has 1 amide bonds. The molecule has 172 valence electrons. The van der Waals surface area contributed by atoms with Gasteiger partial charge in [-0.25, -0.2) is 4.39 Å². The Bertz CT molecular complexity index is 1240. The zero-order valence-electron chi connectivity index (χ0n) is 19.3. The minimum atomic E-state index is -0.751. The third kappa shape index (κ3) is 4.23. The summed E-state index contributed by atoms with van der Waals surface area (Å²) in [5.74, 6) is 0.600. The average Bonchev–Trinajstić information content (AvgIpc) is 2.77. The lowest BCUT2D eigenvalue weighted by Crippen LogP contribution is -2.52. The van der Waals surface area contributed by atoms with Gasteiger partial charge < -0.3 is 19.7 Å². The van der Waals surface area contributed by atoms with Crippen molar-refractivity contribution >= 4 is 28.9 Å². The van der Waals surface area contributed by atoms with Crippen LogP contribution in [0.5, 0.6) is 11.5 Å². The Hall–Kier alpha value is -3.25. The summed E-state index contributed by atoms with van der Waals surface area (Å²) < 4.78 is 25.5. The molecule has 0 atom stereocenters. The van der Waals surface area contributed by atoms with Crippen molar-refractivity contribution in [1.29, 1.82) is 0 Å². The number of ether oxygens (including phenoxy) is 2. The van der Waals surface area contributed by atoms with Crippen molar-refractivity contribution in [3.05, 3.63) is 70.5 Å². The van der Waals surface area contributed by atoms with E-state index in [1.54, 1.807) is 37.3 Å². The predicted octanol–water partition coefficient (Wildman–Crippen LogP) is 6.21. The zero-order chi connectivity index (χ0) is 23.9. The number of rotatable bonds is 5. The quantitative estimate of drug-likeness (QED) is 0.483. The van der Waals surface area contributed by atoms with Gasteiger partial charge in [0.15, 0.2) is 0 Å². The molecular formula is C26H26ClFN2O3. The van der Waals surface area contributed by atoms with Crippen LogP contribution in [-0.4, -0.2) is 25.6 Å². The highest BCUT2D eigenvalue weighted by molar-refractivity contribution is 6.30. The minimum Gasteiger partial charge on any atom is -0.496 e. The smallest absolute Gasteiger partial charge is 0.251 e. The van der Waals surface area contributed by atoms with Crippen molar-refractivity contribution < 1.29 is 18.7 Å². The van der Waals surface area contributed by atoms with Crippen LogP contribution in [0, 0.1) is 12.7 Å². The lowest BCUT2D eigenvalue weighted by atomic mass is 9.92. The summed E-state index contributed by atoms with van der Waals surface area (Å²) in [5, 5.41) is 3.89. The lowest BCUT2D eigenvalue weighted by Gasteiger charge is -2.39. The SMILES string of the molecule is COc1cc(Cl)ccc1-c1ccc2c(c1COc1cc(F)ccc1C)N(C)C(=O)C(C)(C)N2. The number of carbonyl (C=O) groups is 1. The van der Waals surface area contributed by atoms with Crippen LogP contribution in [0.1, 0.15) is 25.0 Å². The van der Waals surface area contributed by atoms with Gasteiger partial charge in [-0.05, 0) is 62.2 Å². The Balaban J connectivity index is 1.89. The number of likely N-dealkylation sites (N-methyl/N-ethyl adjacent to an activating group) is 1. The molecule has 0 unspecified atom stereocenters.